The minimum atomic E-state index is -0.216. The number of rotatable bonds is 6. The maximum atomic E-state index is 12.7. The minimum absolute atomic E-state index is 0.216. The predicted molar refractivity (Wildman–Crippen MR) is 138 cm³/mol. The first kappa shape index (κ1) is 23.0. The van der Waals surface area contributed by atoms with Crippen molar-refractivity contribution in [3.63, 3.8) is 0 Å². The summed E-state index contributed by atoms with van der Waals surface area (Å²) in [6.45, 7) is 4.73. The van der Waals surface area contributed by atoms with E-state index in [0.717, 1.165) is 48.2 Å². The van der Waals surface area contributed by atoms with Crippen LogP contribution in [0.3, 0.4) is 0 Å². The molecule has 9 heteroatoms. The number of nitrogens with one attached hydrogen (secondary N) is 1. The van der Waals surface area contributed by atoms with E-state index in [1.54, 1.807) is 18.5 Å². The van der Waals surface area contributed by atoms with E-state index in [1.807, 2.05) is 48.8 Å². The topological polar surface area (TPSA) is 100 Å². The van der Waals surface area contributed by atoms with E-state index < -0.39 is 0 Å². The highest BCUT2D eigenvalue weighted by Crippen LogP contribution is 2.21. The smallest absolute Gasteiger partial charge is 0.253 e. The molecule has 3 aromatic heterocycles. The van der Waals surface area contributed by atoms with Crippen LogP contribution >= 0.6 is 11.6 Å². The Morgan fingerprint density at radius 1 is 1.00 bits per heavy atom. The number of piperazine rings is 1. The molecule has 1 fully saturated rings. The number of nitrogens with zero attached hydrogens (tertiary/aromatic N) is 5. The van der Waals surface area contributed by atoms with Crippen molar-refractivity contribution in [2.45, 2.75) is 13.1 Å². The number of carbonyl (C=O) groups excluding carboxylic acids is 1. The van der Waals surface area contributed by atoms with E-state index in [9.17, 15) is 4.79 Å². The second-order valence-corrected chi connectivity index (χ2v) is 8.96. The first-order chi connectivity index (χ1) is 17.1. The molecule has 4 aromatic rings. The van der Waals surface area contributed by atoms with Crippen molar-refractivity contribution in [1.29, 1.82) is 0 Å². The van der Waals surface area contributed by atoms with Gasteiger partial charge in [-0.3, -0.25) is 19.7 Å². The summed E-state index contributed by atoms with van der Waals surface area (Å²) in [5.41, 5.74) is 9.29. The van der Waals surface area contributed by atoms with Crippen LogP contribution in [0.4, 0.5) is 11.5 Å². The van der Waals surface area contributed by atoms with Crippen LogP contribution in [-0.2, 0) is 13.1 Å². The molecule has 1 amide bonds. The number of amides is 1. The van der Waals surface area contributed by atoms with Crippen molar-refractivity contribution in [2.75, 3.05) is 36.8 Å². The summed E-state index contributed by atoms with van der Waals surface area (Å²) < 4.78 is 0. The number of pyridine rings is 3. The van der Waals surface area contributed by atoms with Gasteiger partial charge in [-0.25, -0.2) is 4.98 Å². The lowest BCUT2D eigenvalue weighted by Crippen LogP contribution is -2.46. The lowest BCUT2D eigenvalue weighted by atomic mass is 10.1. The first-order valence-corrected chi connectivity index (χ1v) is 11.9. The number of aromatic nitrogens is 3. The average molecular weight is 488 g/mol. The summed E-state index contributed by atoms with van der Waals surface area (Å²) in [6.07, 6.45) is 6.91. The van der Waals surface area contributed by atoms with Gasteiger partial charge in [-0.05, 0) is 41.3 Å². The number of halogens is 1. The van der Waals surface area contributed by atoms with Gasteiger partial charge in [-0.15, -0.1) is 0 Å². The zero-order valence-electron chi connectivity index (χ0n) is 19.2. The highest BCUT2D eigenvalue weighted by Gasteiger charge is 2.19. The number of nitrogen functional groups attached to an aromatic ring is 1. The van der Waals surface area contributed by atoms with E-state index in [0.29, 0.717) is 29.5 Å². The van der Waals surface area contributed by atoms with Crippen molar-refractivity contribution in [2.24, 2.45) is 0 Å². The van der Waals surface area contributed by atoms with E-state index in [4.69, 9.17) is 17.3 Å². The van der Waals surface area contributed by atoms with Crippen molar-refractivity contribution < 1.29 is 4.79 Å². The molecule has 0 bridgehead atoms. The molecule has 8 nitrogen and oxygen atoms in total. The van der Waals surface area contributed by atoms with Gasteiger partial charge in [0.15, 0.2) is 0 Å². The number of anilines is 2. The Morgan fingerprint density at radius 3 is 2.57 bits per heavy atom. The van der Waals surface area contributed by atoms with Crippen LogP contribution in [-0.4, -0.2) is 51.9 Å². The molecule has 3 N–H and O–H groups in total. The lowest BCUT2D eigenvalue weighted by Gasteiger charge is -2.36. The summed E-state index contributed by atoms with van der Waals surface area (Å²) in [5, 5.41) is 5.32. The zero-order chi connectivity index (χ0) is 24.2. The van der Waals surface area contributed by atoms with E-state index in [1.165, 1.54) is 5.69 Å². The van der Waals surface area contributed by atoms with Crippen molar-refractivity contribution in [3.8, 4) is 0 Å². The number of hydrogen-bond donors (Lipinski definition) is 2. The summed E-state index contributed by atoms with van der Waals surface area (Å²) in [6, 6.07) is 13.5. The molecule has 1 aliphatic rings. The molecule has 1 saturated heterocycles. The number of hydrogen-bond acceptors (Lipinski definition) is 7. The van der Waals surface area contributed by atoms with Gasteiger partial charge in [0.05, 0.1) is 16.3 Å². The highest BCUT2D eigenvalue weighted by molar-refractivity contribution is 6.31. The molecule has 0 saturated carbocycles. The quantitative estimate of drug-likeness (QED) is 0.429. The highest BCUT2D eigenvalue weighted by atomic mass is 35.5. The van der Waals surface area contributed by atoms with Gasteiger partial charge < -0.3 is 16.0 Å². The number of benzene rings is 1. The maximum absolute atomic E-state index is 12.7. The van der Waals surface area contributed by atoms with Crippen LogP contribution in [0.25, 0.3) is 10.8 Å². The molecule has 4 heterocycles. The second kappa shape index (κ2) is 10.2. The molecule has 35 heavy (non-hydrogen) atoms. The van der Waals surface area contributed by atoms with Crippen LogP contribution in [0, 0.1) is 0 Å². The van der Waals surface area contributed by atoms with Crippen LogP contribution in [0.2, 0.25) is 5.02 Å². The van der Waals surface area contributed by atoms with Gasteiger partial charge in [-0.2, -0.15) is 0 Å². The Morgan fingerprint density at radius 2 is 1.80 bits per heavy atom. The molecule has 0 aliphatic carbocycles. The van der Waals surface area contributed by atoms with Crippen LogP contribution in [0.15, 0.2) is 67.3 Å². The molecule has 0 spiro atoms. The molecule has 178 valence electrons. The summed E-state index contributed by atoms with van der Waals surface area (Å²) in [4.78, 5) is 30.1. The molecule has 0 radical (unpaired) electrons. The van der Waals surface area contributed by atoms with E-state index in [2.05, 4.69) is 30.1 Å². The Balaban J connectivity index is 1.16. The normalized spacial score (nSPS) is 14.3. The van der Waals surface area contributed by atoms with E-state index >= 15 is 0 Å². The zero-order valence-corrected chi connectivity index (χ0v) is 19.9. The van der Waals surface area contributed by atoms with Gasteiger partial charge >= 0.3 is 0 Å². The van der Waals surface area contributed by atoms with Gasteiger partial charge in [0.25, 0.3) is 5.91 Å². The minimum Gasteiger partial charge on any atom is -0.383 e. The Labute approximate surface area is 208 Å². The van der Waals surface area contributed by atoms with Crippen LogP contribution < -0.4 is 16.0 Å². The number of carbonyl (C=O) groups is 1. The molecule has 0 unspecified atom stereocenters. The summed E-state index contributed by atoms with van der Waals surface area (Å²) >= 11 is 6.51. The molecule has 1 aromatic carbocycles. The number of fused-ring (bicyclic) bond motifs is 1. The van der Waals surface area contributed by atoms with Crippen molar-refractivity contribution in [3.05, 3.63) is 89.1 Å². The van der Waals surface area contributed by atoms with Crippen LogP contribution in [0.5, 0.6) is 0 Å². The lowest BCUT2D eigenvalue weighted by molar-refractivity contribution is 0.0950. The van der Waals surface area contributed by atoms with Crippen molar-refractivity contribution >= 4 is 39.8 Å². The SMILES string of the molecule is Nc1nccc2cc(CNC(=O)c3cnc(CN4CCN(c5ccncc5)CC4)c(Cl)c3)ccc12. The monoisotopic (exact) mass is 487 g/mol. The summed E-state index contributed by atoms with van der Waals surface area (Å²) in [5.74, 6) is 0.278. The fraction of sp³-hybridized carbons (Fsp3) is 0.231. The molecular formula is C26H26ClN7O. The average Bonchev–Trinajstić information content (AvgIpc) is 2.89. The predicted octanol–water partition coefficient (Wildman–Crippen LogP) is 3.51. The third-order valence-corrected chi connectivity index (χ3v) is 6.59. The fourth-order valence-corrected chi connectivity index (χ4v) is 4.51. The molecule has 5 rings (SSSR count). The molecular weight excluding hydrogens is 462 g/mol. The second-order valence-electron chi connectivity index (χ2n) is 8.56. The van der Waals surface area contributed by atoms with Gasteiger partial charge in [0.2, 0.25) is 0 Å². The first-order valence-electron chi connectivity index (χ1n) is 11.5. The van der Waals surface area contributed by atoms with Gasteiger partial charge in [0.1, 0.15) is 5.82 Å². The summed E-state index contributed by atoms with van der Waals surface area (Å²) in [7, 11) is 0. The number of nitrogens with two attached hydrogens (primary N) is 1. The Kier molecular flexibility index (Phi) is 6.74. The standard InChI is InChI=1S/C26H26ClN7O/c27-23-14-20(26(35)32-15-18-1-2-22-19(13-18)3-8-30-25(22)28)16-31-24(23)17-33-9-11-34(12-10-33)21-4-6-29-7-5-21/h1-8,13-14,16H,9-12,15,17H2,(H2,28,30)(H,32,35). The fourth-order valence-electron chi connectivity index (χ4n) is 4.28. The van der Waals surface area contributed by atoms with Crippen molar-refractivity contribution in [1.82, 2.24) is 25.2 Å². The third kappa shape index (κ3) is 5.34. The maximum Gasteiger partial charge on any atom is 0.253 e. The third-order valence-electron chi connectivity index (χ3n) is 6.27. The molecule has 0 atom stereocenters. The van der Waals surface area contributed by atoms with E-state index in [-0.39, 0.29) is 5.91 Å². The Hall–Kier alpha value is -3.75. The Bertz CT molecular complexity index is 1340. The van der Waals surface area contributed by atoms with Gasteiger partial charge in [0, 0.05) is 75.1 Å². The largest absolute Gasteiger partial charge is 0.383 e. The van der Waals surface area contributed by atoms with Gasteiger partial charge in [-0.1, -0.05) is 23.7 Å². The molecule has 1 aliphatic heterocycles. The van der Waals surface area contributed by atoms with Crippen LogP contribution in [0.1, 0.15) is 21.6 Å².